The second-order valence-electron chi connectivity index (χ2n) is 6.80. The standard InChI is InChI=1S/C21H15Cl2N5O3S/c1-10-8-12(25-21(27-24)26-18(29)16-6-7-17(23)32-16)3-5-15(10)28-19(30)13-4-2-11(22)9-14(13)20(28)31/h2-9H,24H2,1H3,(H2,25,26,27,29). The van der Waals surface area contributed by atoms with Crippen LogP contribution in [0.15, 0.2) is 53.6 Å². The van der Waals surface area contributed by atoms with Gasteiger partial charge in [-0.2, -0.15) is 0 Å². The molecule has 0 bridgehead atoms. The average molecular weight is 488 g/mol. The average Bonchev–Trinajstić information content (AvgIpc) is 3.29. The Morgan fingerprint density at radius 2 is 1.78 bits per heavy atom. The molecule has 0 fully saturated rings. The van der Waals surface area contributed by atoms with Gasteiger partial charge in [0.05, 0.1) is 26.0 Å². The molecule has 0 unspecified atom stereocenters. The van der Waals surface area contributed by atoms with Gasteiger partial charge < -0.3 is 11.2 Å². The van der Waals surface area contributed by atoms with Crippen LogP contribution in [0.25, 0.3) is 0 Å². The smallest absolute Gasteiger partial charge is 0.268 e. The van der Waals surface area contributed by atoms with Crippen LogP contribution >= 0.6 is 34.5 Å². The highest BCUT2D eigenvalue weighted by Crippen LogP contribution is 2.33. The number of imide groups is 1. The highest BCUT2D eigenvalue weighted by molar-refractivity contribution is 7.18. The first kappa shape index (κ1) is 21.8. The topological polar surface area (TPSA) is 117 Å². The summed E-state index contributed by atoms with van der Waals surface area (Å²) in [5.41, 5.74) is 2.18. The maximum Gasteiger partial charge on any atom is 0.268 e. The van der Waals surface area contributed by atoms with Gasteiger partial charge in [-0.25, -0.2) is 4.90 Å². The number of carbonyl (C=O) groups is 3. The van der Waals surface area contributed by atoms with E-state index in [1.807, 2.05) is 0 Å². The molecule has 2 aromatic carbocycles. The molecule has 8 nitrogen and oxygen atoms in total. The minimum atomic E-state index is -0.442. The quantitative estimate of drug-likeness (QED) is 0.168. The van der Waals surface area contributed by atoms with Crippen LogP contribution in [0.4, 0.5) is 11.4 Å². The van der Waals surface area contributed by atoms with Gasteiger partial charge in [-0.05, 0) is 61.0 Å². The normalized spacial score (nSPS) is 13.3. The molecule has 1 aromatic heterocycles. The molecule has 0 aliphatic carbocycles. The molecule has 3 amide bonds. The Morgan fingerprint density at radius 1 is 1.03 bits per heavy atom. The van der Waals surface area contributed by atoms with Crippen molar-refractivity contribution in [2.45, 2.75) is 6.92 Å². The van der Waals surface area contributed by atoms with Crippen molar-refractivity contribution in [3.05, 3.63) is 79.5 Å². The van der Waals surface area contributed by atoms with E-state index in [-0.39, 0.29) is 11.5 Å². The zero-order chi connectivity index (χ0) is 23.0. The highest BCUT2D eigenvalue weighted by Gasteiger charge is 2.37. The van der Waals surface area contributed by atoms with Crippen molar-refractivity contribution in [3.63, 3.8) is 0 Å². The maximum atomic E-state index is 12.8. The number of carbonyl (C=O) groups excluding carboxylic acids is 3. The molecule has 0 atom stereocenters. The van der Waals surface area contributed by atoms with Gasteiger partial charge in [0.25, 0.3) is 17.7 Å². The third-order valence-electron chi connectivity index (χ3n) is 4.71. The fourth-order valence-corrected chi connectivity index (χ4v) is 4.36. The number of thiophene rings is 1. The van der Waals surface area contributed by atoms with Crippen LogP contribution < -0.4 is 21.4 Å². The molecule has 3 aromatic rings. The minimum Gasteiger partial charge on any atom is -0.324 e. The van der Waals surface area contributed by atoms with Crippen molar-refractivity contribution in [1.82, 2.24) is 5.32 Å². The number of hydrogen-bond acceptors (Lipinski definition) is 6. The fraction of sp³-hybridized carbons (Fsp3) is 0.0476. The van der Waals surface area contributed by atoms with Gasteiger partial charge in [-0.3, -0.25) is 19.7 Å². The molecule has 4 rings (SSSR count). The van der Waals surface area contributed by atoms with Crippen molar-refractivity contribution in [2.24, 2.45) is 10.9 Å². The van der Waals surface area contributed by atoms with Crippen molar-refractivity contribution in [1.29, 1.82) is 0 Å². The van der Waals surface area contributed by atoms with Gasteiger partial charge in [-0.1, -0.05) is 23.2 Å². The number of guanidine groups is 1. The van der Waals surface area contributed by atoms with E-state index in [2.05, 4.69) is 15.7 Å². The molecule has 1 aliphatic rings. The van der Waals surface area contributed by atoms with Gasteiger partial charge in [0.15, 0.2) is 0 Å². The van der Waals surface area contributed by atoms with E-state index in [0.29, 0.717) is 36.7 Å². The summed E-state index contributed by atoms with van der Waals surface area (Å²) in [6.07, 6.45) is 0. The number of aryl methyl sites for hydroxylation is 1. The first-order valence-corrected chi connectivity index (χ1v) is 10.8. The van der Waals surface area contributed by atoms with Crippen LogP contribution in [0.5, 0.6) is 0 Å². The monoisotopic (exact) mass is 487 g/mol. The minimum absolute atomic E-state index is 0.0158. The SMILES string of the molecule is Cc1cc(N/C(=N/N)NC(=O)c2ccc(Cl)s2)ccc1N1C(=O)c2ccc(Cl)cc2C1=O. The van der Waals surface area contributed by atoms with Gasteiger partial charge in [0.1, 0.15) is 0 Å². The largest absolute Gasteiger partial charge is 0.324 e. The van der Waals surface area contributed by atoms with Gasteiger partial charge >= 0.3 is 0 Å². The molecule has 2 heterocycles. The predicted molar refractivity (Wildman–Crippen MR) is 126 cm³/mol. The Balaban J connectivity index is 1.53. The van der Waals surface area contributed by atoms with E-state index in [9.17, 15) is 14.4 Å². The number of nitrogens with zero attached hydrogens (tertiary/aromatic N) is 2. The lowest BCUT2D eigenvalue weighted by Crippen LogP contribution is -2.36. The van der Waals surface area contributed by atoms with Crippen molar-refractivity contribution in [2.75, 3.05) is 10.2 Å². The Kier molecular flexibility index (Phi) is 5.88. The molecule has 1 aliphatic heterocycles. The number of benzene rings is 2. The molecule has 0 spiro atoms. The summed E-state index contributed by atoms with van der Waals surface area (Å²) in [5, 5.41) is 9.40. The lowest BCUT2D eigenvalue weighted by atomic mass is 10.1. The predicted octanol–water partition coefficient (Wildman–Crippen LogP) is 4.24. The first-order chi connectivity index (χ1) is 15.3. The molecular weight excluding hydrogens is 473 g/mol. The molecule has 32 heavy (non-hydrogen) atoms. The second kappa shape index (κ2) is 8.62. The van der Waals surface area contributed by atoms with Crippen LogP contribution in [0.3, 0.4) is 0 Å². The van der Waals surface area contributed by atoms with Crippen LogP contribution in [0.1, 0.15) is 36.0 Å². The summed E-state index contributed by atoms with van der Waals surface area (Å²) in [4.78, 5) is 39.4. The van der Waals surface area contributed by atoms with E-state index in [1.54, 1.807) is 43.3 Å². The lowest BCUT2D eigenvalue weighted by Gasteiger charge is -2.18. The van der Waals surface area contributed by atoms with E-state index in [4.69, 9.17) is 29.0 Å². The number of nitrogens with two attached hydrogens (primary N) is 1. The number of nitrogens with one attached hydrogen (secondary N) is 2. The number of fused-ring (bicyclic) bond motifs is 1. The maximum absolute atomic E-state index is 12.8. The van der Waals surface area contributed by atoms with E-state index < -0.39 is 17.7 Å². The number of rotatable bonds is 3. The third-order valence-corrected chi connectivity index (χ3v) is 6.17. The highest BCUT2D eigenvalue weighted by atomic mass is 35.5. The van der Waals surface area contributed by atoms with Crippen molar-refractivity contribution < 1.29 is 14.4 Å². The van der Waals surface area contributed by atoms with Crippen LogP contribution in [0.2, 0.25) is 9.36 Å². The van der Waals surface area contributed by atoms with E-state index >= 15 is 0 Å². The number of hydrogen-bond donors (Lipinski definition) is 3. The zero-order valence-corrected chi connectivity index (χ0v) is 18.8. The number of hydrazone groups is 1. The Labute approximate surface area is 196 Å². The molecule has 11 heteroatoms. The molecule has 0 saturated carbocycles. The summed E-state index contributed by atoms with van der Waals surface area (Å²) < 4.78 is 0.482. The molecular formula is C21H15Cl2N5O3S. The van der Waals surface area contributed by atoms with Gasteiger partial charge in [0.2, 0.25) is 5.96 Å². The van der Waals surface area contributed by atoms with E-state index in [0.717, 1.165) is 16.2 Å². The summed E-state index contributed by atoms with van der Waals surface area (Å²) in [6.45, 7) is 1.75. The molecule has 0 radical (unpaired) electrons. The summed E-state index contributed by atoms with van der Waals surface area (Å²) in [6, 6.07) is 12.8. The first-order valence-electron chi connectivity index (χ1n) is 9.19. The molecule has 162 valence electrons. The Bertz CT molecular complexity index is 1300. The number of anilines is 2. The van der Waals surface area contributed by atoms with Crippen LogP contribution in [-0.2, 0) is 0 Å². The summed E-state index contributed by atoms with van der Waals surface area (Å²) in [5.74, 6) is 4.13. The Morgan fingerprint density at radius 3 is 2.44 bits per heavy atom. The molecule has 4 N–H and O–H groups in total. The number of amides is 3. The van der Waals surface area contributed by atoms with Gasteiger partial charge in [0, 0.05) is 10.7 Å². The third kappa shape index (κ3) is 4.05. The van der Waals surface area contributed by atoms with Crippen molar-refractivity contribution >= 4 is 69.6 Å². The summed E-state index contributed by atoms with van der Waals surface area (Å²) >= 11 is 13.0. The van der Waals surface area contributed by atoms with Crippen LogP contribution in [-0.4, -0.2) is 23.7 Å². The number of halogens is 2. The fourth-order valence-electron chi connectivity index (χ4n) is 3.25. The Hall–Kier alpha value is -3.40. The van der Waals surface area contributed by atoms with Crippen molar-refractivity contribution in [3.8, 4) is 0 Å². The zero-order valence-electron chi connectivity index (χ0n) is 16.5. The van der Waals surface area contributed by atoms with Crippen LogP contribution in [0, 0.1) is 6.92 Å². The second-order valence-corrected chi connectivity index (χ2v) is 8.95. The lowest BCUT2D eigenvalue weighted by molar-refractivity contribution is 0.0923. The summed E-state index contributed by atoms with van der Waals surface area (Å²) in [7, 11) is 0. The molecule has 0 saturated heterocycles. The van der Waals surface area contributed by atoms with Gasteiger partial charge in [-0.15, -0.1) is 16.4 Å². The van der Waals surface area contributed by atoms with E-state index in [1.165, 1.54) is 12.1 Å².